The number of nitrogens with one attached hydrogen (secondary N) is 1. The Kier molecular flexibility index (Phi) is 3.58. The molecule has 0 aliphatic carbocycles. The Morgan fingerprint density at radius 2 is 2.13 bits per heavy atom. The van der Waals surface area contributed by atoms with Gasteiger partial charge in [0.25, 0.3) is 0 Å². The molecule has 2 rings (SSSR count). The van der Waals surface area contributed by atoms with Crippen LogP contribution in [-0.2, 0) is 6.42 Å². The highest BCUT2D eigenvalue weighted by molar-refractivity contribution is 7.99. The monoisotopic (exact) mass is 242 g/mol. The molecule has 0 amide bonds. The van der Waals surface area contributed by atoms with Crippen molar-refractivity contribution in [1.82, 2.24) is 15.0 Å². The highest BCUT2D eigenvalue weighted by Crippen LogP contribution is 2.24. The molecule has 1 saturated heterocycles. The molecular formula is C9H14N4S2. The van der Waals surface area contributed by atoms with Crippen LogP contribution in [0, 0.1) is 10.7 Å². The largest absolute Gasteiger partial charge is 0.369 e. The third-order valence-corrected chi connectivity index (χ3v) is 3.77. The van der Waals surface area contributed by atoms with Crippen molar-refractivity contribution >= 4 is 29.9 Å². The first-order chi connectivity index (χ1) is 7.24. The minimum atomic E-state index is 0.339. The summed E-state index contributed by atoms with van der Waals surface area (Å²) in [7, 11) is 0. The molecule has 0 unspecified atom stereocenters. The lowest BCUT2D eigenvalue weighted by Gasteiger charge is -2.20. The van der Waals surface area contributed by atoms with E-state index in [9.17, 15) is 0 Å². The second-order valence-electron chi connectivity index (χ2n) is 3.72. The molecule has 1 aromatic rings. The van der Waals surface area contributed by atoms with Gasteiger partial charge in [-0.2, -0.15) is 16.7 Å². The number of nitrogen functional groups attached to an aromatic ring is 1. The first-order valence-electron chi connectivity index (χ1n) is 5.04. The van der Waals surface area contributed by atoms with E-state index in [1.807, 2.05) is 11.8 Å². The van der Waals surface area contributed by atoms with Crippen molar-refractivity contribution in [2.45, 2.75) is 19.3 Å². The molecule has 3 N–H and O–H groups in total. The Hall–Kier alpha value is -0.620. The summed E-state index contributed by atoms with van der Waals surface area (Å²) in [6.45, 7) is 0. The number of H-pyrrole nitrogens is 1. The highest BCUT2D eigenvalue weighted by Gasteiger charge is 2.15. The van der Waals surface area contributed by atoms with Gasteiger partial charge in [-0.25, -0.2) is 4.98 Å². The summed E-state index contributed by atoms with van der Waals surface area (Å²) >= 11 is 6.96. The number of anilines is 1. The Morgan fingerprint density at radius 3 is 2.80 bits per heavy atom. The molecule has 2 heterocycles. The molecule has 6 heteroatoms. The number of hydrogen-bond donors (Lipinski definition) is 2. The minimum absolute atomic E-state index is 0.339. The molecule has 0 saturated carbocycles. The number of aromatic nitrogens is 3. The average molecular weight is 242 g/mol. The lowest BCUT2D eigenvalue weighted by atomic mass is 9.99. The number of aromatic amines is 1. The molecular weight excluding hydrogens is 228 g/mol. The van der Waals surface area contributed by atoms with Gasteiger partial charge in [0, 0.05) is 6.42 Å². The first-order valence-corrected chi connectivity index (χ1v) is 6.61. The van der Waals surface area contributed by atoms with Gasteiger partial charge in [0.1, 0.15) is 5.82 Å². The molecule has 1 aromatic heterocycles. The van der Waals surface area contributed by atoms with Gasteiger partial charge in [-0.3, -0.25) is 0 Å². The normalized spacial score (nSPS) is 17.9. The fraction of sp³-hybridized carbons (Fsp3) is 0.667. The summed E-state index contributed by atoms with van der Waals surface area (Å²) in [6, 6.07) is 0. The van der Waals surface area contributed by atoms with Gasteiger partial charge in [0.15, 0.2) is 0 Å². The number of nitrogens with two attached hydrogens (primary N) is 1. The Labute approximate surface area is 98.1 Å². The minimum Gasteiger partial charge on any atom is -0.369 e. The van der Waals surface area contributed by atoms with E-state index in [1.54, 1.807) is 0 Å². The molecule has 4 nitrogen and oxygen atoms in total. The van der Waals surface area contributed by atoms with E-state index in [2.05, 4.69) is 15.0 Å². The lowest BCUT2D eigenvalue weighted by Crippen LogP contribution is -2.15. The van der Waals surface area contributed by atoms with Gasteiger partial charge in [-0.15, -0.1) is 0 Å². The van der Waals surface area contributed by atoms with Crippen LogP contribution in [0.5, 0.6) is 0 Å². The Balaban J connectivity index is 2.06. The van der Waals surface area contributed by atoms with Crippen molar-refractivity contribution in [3.8, 4) is 0 Å². The number of hydrogen-bond acceptors (Lipinski definition) is 5. The standard InChI is InChI=1S/C9H14N4S2/c10-8-11-7(12-9(14)13-8)5-6-1-3-15-4-2-6/h6H,1-5H2,(H3,10,11,12,13,14). The first kappa shape index (κ1) is 10.9. The van der Waals surface area contributed by atoms with Crippen LogP contribution in [0.1, 0.15) is 18.7 Å². The molecule has 0 bridgehead atoms. The lowest BCUT2D eigenvalue weighted by molar-refractivity contribution is 0.475. The average Bonchev–Trinajstić information content (AvgIpc) is 2.17. The summed E-state index contributed by atoms with van der Waals surface area (Å²) in [5, 5.41) is 0. The maximum Gasteiger partial charge on any atom is 0.224 e. The van der Waals surface area contributed by atoms with Gasteiger partial charge in [0.2, 0.25) is 10.7 Å². The van der Waals surface area contributed by atoms with Crippen LogP contribution in [0.25, 0.3) is 0 Å². The van der Waals surface area contributed by atoms with E-state index in [-0.39, 0.29) is 0 Å². The van der Waals surface area contributed by atoms with Crippen molar-refractivity contribution in [3.05, 3.63) is 10.6 Å². The quantitative estimate of drug-likeness (QED) is 0.774. The SMILES string of the molecule is Nc1nc(=S)nc(CC2CCSCC2)[nH]1. The predicted octanol–water partition coefficient (Wildman–Crippen LogP) is 1.80. The predicted molar refractivity (Wildman–Crippen MR) is 65.4 cm³/mol. The summed E-state index contributed by atoms with van der Waals surface area (Å²) in [6.07, 6.45) is 3.46. The van der Waals surface area contributed by atoms with Crippen molar-refractivity contribution in [2.75, 3.05) is 17.2 Å². The molecule has 1 aliphatic heterocycles. The molecule has 82 valence electrons. The van der Waals surface area contributed by atoms with E-state index in [0.717, 1.165) is 12.2 Å². The molecule has 0 aromatic carbocycles. The smallest absolute Gasteiger partial charge is 0.224 e. The second kappa shape index (κ2) is 4.94. The summed E-state index contributed by atoms with van der Waals surface area (Å²) in [5.74, 6) is 4.48. The van der Waals surface area contributed by atoms with Gasteiger partial charge < -0.3 is 10.7 Å². The molecule has 1 aliphatic rings. The van der Waals surface area contributed by atoms with Crippen LogP contribution in [0.15, 0.2) is 0 Å². The zero-order chi connectivity index (χ0) is 10.7. The Morgan fingerprint density at radius 1 is 1.40 bits per heavy atom. The summed E-state index contributed by atoms with van der Waals surface area (Å²) in [5.41, 5.74) is 5.59. The Bertz CT molecular complexity index is 384. The highest BCUT2D eigenvalue weighted by atomic mass is 32.2. The third-order valence-electron chi connectivity index (χ3n) is 2.54. The van der Waals surface area contributed by atoms with Gasteiger partial charge in [-0.05, 0) is 42.5 Å². The van der Waals surface area contributed by atoms with E-state index >= 15 is 0 Å². The van der Waals surface area contributed by atoms with Crippen LogP contribution < -0.4 is 5.73 Å². The summed E-state index contributed by atoms with van der Waals surface area (Å²) in [4.78, 5) is 11.0. The van der Waals surface area contributed by atoms with Crippen LogP contribution in [0.2, 0.25) is 0 Å². The van der Waals surface area contributed by atoms with E-state index in [4.69, 9.17) is 18.0 Å². The van der Waals surface area contributed by atoms with Gasteiger partial charge in [-0.1, -0.05) is 0 Å². The maximum absolute atomic E-state index is 5.59. The van der Waals surface area contributed by atoms with Crippen LogP contribution in [-0.4, -0.2) is 26.5 Å². The molecule has 0 atom stereocenters. The molecule has 0 radical (unpaired) electrons. The second-order valence-corrected chi connectivity index (χ2v) is 5.31. The van der Waals surface area contributed by atoms with Crippen LogP contribution >= 0.6 is 24.0 Å². The number of rotatable bonds is 2. The van der Waals surface area contributed by atoms with Crippen molar-refractivity contribution in [2.24, 2.45) is 5.92 Å². The van der Waals surface area contributed by atoms with Gasteiger partial charge >= 0.3 is 0 Å². The third kappa shape index (κ3) is 3.17. The van der Waals surface area contributed by atoms with Crippen molar-refractivity contribution in [3.63, 3.8) is 0 Å². The fourth-order valence-corrected chi connectivity index (χ4v) is 3.18. The number of thioether (sulfide) groups is 1. The van der Waals surface area contributed by atoms with Crippen LogP contribution in [0.3, 0.4) is 0 Å². The number of nitrogens with zero attached hydrogens (tertiary/aromatic N) is 2. The van der Waals surface area contributed by atoms with Crippen molar-refractivity contribution in [1.29, 1.82) is 0 Å². The van der Waals surface area contributed by atoms with E-state index in [1.165, 1.54) is 24.3 Å². The van der Waals surface area contributed by atoms with Gasteiger partial charge in [0.05, 0.1) is 0 Å². The topological polar surface area (TPSA) is 67.6 Å². The zero-order valence-corrected chi connectivity index (χ0v) is 10.0. The van der Waals surface area contributed by atoms with Crippen molar-refractivity contribution < 1.29 is 0 Å². The maximum atomic E-state index is 5.59. The van der Waals surface area contributed by atoms with E-state index < -0.39 is 0 Å². The summed E-state index contributed by atoms with van der Waals surface area (Å²) < 4.78 is 0.339. The zero-order valence-electron chi connectivity index (χ0n) is 8.40. The molecule has 15 heavy (non-hydrogen) atoms. The fourth-order valence-electron chi connectivity index (χ4n) is 1.77. The van der Waals surface area contributed by atoms with E-state index in [0.29, 0.717) is 16.6 Å². The van der Waals surface area contributed by atoms with Crippen LogP contribution in [0.4, 0.5) is 5.95 Å². The molecule has 1 fully saturated rings. The molecule has 0 spiro atoms.